The molecule has 24 heavy (non-hydrogen) atoms. The molecule has 0 bridgehead atoms. The van der Waals surface area contributed by atoms with E-state index in [1.807, 2.05) is 31.2 Å². The Bertz CT molecular complexity index is 660. The molecule has 1 amide bonds. The third kappa shape index (κ3) is 4.41. The number of nitrogens with zero attached hydrogens (tertiary/aromatic N) is 1. The Labute approximate surface area is 142 Å². The molecule has 128 valence electrons. The first-order valence-electron chi connectivity index (χ1n) is 7.77. The molecule has 0 heterocycles. The van der Waals surface area contributed by atoms with Crippen LogP contribution >= 0.6 is 0 Å². The van der Waals surface area contributed by atoms with E-state index in [9.17, 15) is 4.79 Å². The topological polar surface area (TPSA) is 48.0 Å². The summed E-state index contributed by atoms with van der Waals surface area (Å²) >= 11 is 0. The molecule has 5 nitrogen and oxygen atoms in total. The first kappa shape index (κ1) is 17.7. The van der Waals surface area contributed by atoms with Crippen LogP contribution in [0, 0.1) is 0 Å². The quantitative estimate of drug-likeness (QED) is 0.781. The van der Waals surface area contributed by atoms with E-state index in [4.69, 9.17) is 14.2 Å². The van der Waals surface area contributed by atoms with Crippen LogP contribution in [0.2, 0.25) is 0 Å². The zero-order valence-electron chi connectivity index (χ0n) is 14.5. The van der Waals surface area contributed by atoms with Gasteiger partial charge in [0, 0.05) is 25.2 Å². The van der Waals surface area contributed by atoms with E-state index in [1.54, 1.807) is 44.4 Å². The minimum absolute atomic E-state index is 0.0962. The molecule has 2 rings (SSSR count). The SMILES string of the molecule is CCOc1ccc(CN(C)C(=O)c2cc(OC)cc(OC)c2)cc1. The minimum Gasteiger partial charge on any atom is -0.497 e. The molecular weight excluding hydrogens is 306 g/mol. The van der Waals surface area contributed by atoms with Gasteiger partial charge >= 0.3 is 0 Å². The number of rotatable bonds is 7. The van der Waals surface area contributed by atoms with E-state index < -0.39 is 0 Å². The molecule has 0 spiro atoms. The summed E-state index contributed by atoms with van der Waals surface area (Å²) in [4.78, 5) is 14.3. The zero-order valence-corrected chi connectivity index (χ0v) is 14.5. The summed E-state index contributed by atoms with van der Waals surface area (Å²) in [6.07, 6.45) is 0. The predicted molar refractivity (Wildman–Crippen MR) is 93.0 cm³/mol. The highest BCUT2D eigenvalue weighted by atomic mass is 16.5. The molecule has 0 aliphatic rings. The number of hydrogen-bond donors (Lipinski definition) is 0. The van der Waals surface area contributed by atoms with Gasteiger partial charge in [0.25, 0.3) is 5.91 Å². The number of amides is 1. The molecule has 0 fully saturated rings. The van der Waals surface area contributed by atoms with Crippen LogP contribution in [0.3, 0.4) is 0 Å². The summed E-state index contributed by atoms with van der Waals surface area (Å²) in [5.74, 6) is 1.91. The molecule has 5 heteroatoms. The van der Waals surface area contributed by atoms with Gasteiger partial charge in [0.05, 0.1) is 20.8 Å². The normalized spacial score (nSPS) is 10.2. The average Bonchev–Trinajstić information content (AvgIpc) is 2.62. The smallest absolute Gasteiger partial charge is 0.254 e. The lowest BCUT2D eigenvalue weighted by Crippen LogP contribution is -2.26. The van der Waals surface area contributed by atoms with E-state index in [0.717, 1.165) is 11.3 Å². The van der Waals surface area contributed by atoms with Crippen LogP contribution in [-0.2, 0) is 6.54 Å². The molecule has 0 radical (unpaired) electrons. The monoisotopic (exact) mass is 329 g/mol. The second-order valence-corrected chi connectivity index (χ2v) is 5.34. The van der Waals surface area contributed by atoms with Gasteiger partial charge in [-0.3, -0.25) is 4.79 Å². The lowest BCUT2D eigenvalue weighted by Gasteiger charge is -2.18. The Balaban J connectivity index is 2.11. The molecule has 0 unspecified atom stereocenters. The van der Waals surface area contributed by atoms with Gasteiger partial charge in [-0.05, 0) is 36.8 Å². The number of benzene rings is 2. The number of ether oxygens (including phenoxy) is 3. The number of hydrogen-bond acceptors (Lipinski definition) is 4. The average molecular weight is 329 g/mol. The van der Waals surface area contributed by atoms with Crippen LogP contribution < -0.4 is 14.2 Å². The van der Waals surface area contributed by atoms with Gasteiger partial charge < -0.3 is 19.1 Å². The Morgan fingerprint density at radius 2 is 1.54 bits per heavy atom. The van der Waals surface area contributed by atoms with Crippen molar-refractivity contribution in [2.24, 2.45) is 0 Å². The second kappa shape index (κ2) is 8.24. The first-order chi connectivity index (χ1) is 11.6. The standard InChI is InChI=1S/C19H23NO4/c1-5-24-16-8-6-14(7-9-16)13-20(2)19(21)15-10-17(22-3)12-18(11-15)23-4/h6-12H,5,13H2,1-4H3. The molecule has 0 aliphatic heterocycles. The Morgan fingerprint density at radius 1 is 0.958 bits per heavy atom. The molecule has 0 aromatic heterocycles. The summed E-state index contributed by atoms with van der Waals surface area (Å²) in [5.41, 5.74) is 1.56. The molecule has 2 aromatic rings. The highest BCUT2D eigenvalue weighted by Crippen LogP contribution is 2.23. The van der Waals surface area contributed by atoms with Gasteiger partial charge in [-0.2, -0.15) is 0 Å². The fraction of sp³-hybridized carbons (Fsp3) is 0.316. The van der Waals surface area contributed by atoms with Gasteiger partial charge in [-0.15, -0.1) is 0 Å². The molecule has 2 aromatic carbocycles. The van der Waals surface area contributed by atoms with Crippen molar-refractivity contribution in [1.82, 2.24) is 4.90 Å². The summed E-state index contributed by atoms with van der Waals surface area (Å²) in [6.45, 7) is 3.09. The van der Waals surface area contributed by atoms with Crippen LogP contribution in [0.4, 0.5) is 0 Å². The van der Waals surface area contributed by atoms with E-state index in [0.29, 0.717) is 30.2 Å². The van der Waals surface area contributed by atoms with E-state index in [1.165, 1.54) is 0 Å². The number of carbonyl (C=O) groups is 1. The van der Waals surface area contributed by atoms with E-state index in [-0.39, 0.29) is 5.91 Å². The maximum atomic E-state index is 12.6. The van der Waals surface area contributed by atoms with Gasteiger partial charge in [0.15, 0.2) is 0 Å². The van der Waals surface area contributed by atoms with Gasteiger partial charge in [0.1, 0.15) is 17.2 Å². The van der Waals surface area contributed by atoms with Crippen LogP contribution in [0.25, 0.3) is 0 Å². The van der Waals surface area contributed by atoms with Gasteiger partial charge in [0.2, 0.25) is 0 Å². The fourth-order valence-electron chi connectivity index (χ4n) is 2.35. The second-order valence-electron chi connectivity index (χ2n) is 5.34. The minimum atomic E-state index is -0.0962. The molecule has 0 aliphatic carbocycles. The highest BCUT2D eigenvalue weighted by Gasteiger charge is 2.15. The fourth-order valence-corrected chi connectivity index (χ4v) is 2.35. The van der Waals surface area contributed by atoms with Crippen molar-refractivity contribution in [3.8, 4) is 17.2 Å². The first-order valence-corrected chi connectivity index (χ1v) is 7.77. The van der Waals surface area contributed by atoms with E-state index >= 15 is 0 Å². The summed E-state index contributed by atoms with van der Waals surface area (Å²) in [7, 11) is 4.89. The molecule has 0 saturated heterocycles. The van der Waals surface area contributed by atoms with Crippen molar-refractivity contribution in [1.29, 1.82) is 0 Å². The predicted octanol–water partition coefficient (Wildman–Crippen LogP) is 3.37. The maximum Gasteiger partial charge on any atom is 0.254 e. The number of methoxy groups -OCH3 is 2. The van der Waals surface area contributed by atoms with Crippen molar-refractivity contribution >= 4 is 5.91 Å². The summed E-state index contributed by atoms with van der Waals surface area (Å²) in [6, 6.07) is 12.9. The van der Waals surface area contributed by atoms with Crippen molar-refractivity contribution < 1.29 is 19.0 Å². The van der Waals surface area contributed by atoms with E-state index in [2.05, 4.69) is 0 Å². The Kier molecular flexibility index (Phi) is 6.07. The van der Waals surface area contributed by atoms with Crippen molar-refractivity contribution in [2.75, 3.05) is 27.9 Å². The largest absolute Gasteiger partial charge is 0.497 e. The molecule has 0 atom stereocenters. The van der Waals surface area contributed by atoms with Gasteiger partial charge in [-0.25, -0.2) is 0 Å². The third-order valence-electron chi connectivity index (χ3n) is 3.60. The summed E-state index contributed by atoms with van der Waals surface area (Å²) in [5, 5.41) is 0. The maximum absolute atomic E-state index is 12.6. The Hall–Kier alpha value is -2.69. The van der Waals surface area contributed by atoms with Crippen molar-refractivity contribution in [3.05, 3.63) is 53.6 Å². The molecule has 0 saturated carbocycles. The summed E-state index contributed by atoms with van der Waals surface area (Å²) < 4.78 is 15.9. The van der Waals surface area contributed by atoms with Crippen LogP contribution in [0.1, 0.15) is 22.8 Å². The van der Waals surface area contributed by atoms with Gasteiger partial charge in [-0.1, -0.05) is 12.1 Å². The lowest BCUT2D eigenvalue weighted by atomic mass is 10.1. The van der Waals surface area contributed by atoms with Crippen LogP contribution in [-0.4, -0.2) is 38.7 Å². The molecular formula is C19H23NO4. The highest BCUT2D eigenvalue weighted by molar-refractivity contribution is 5.94. The zero-order chi connectivity index (χ0) is 17.5. The number of carbonyl (C=O) groups excluding carboxylic acids is 1. The Morgan fingerprint density at radius 3 is 2.04 bits per heavy atom. The lowest BCUT2D eigenvalue weighted by molar-refractivity contribution is 0.0784. The van der Waals surface area contributed by atoms with Crippen LogP contribution in [0.5, 0.6) is 17.2 Å². The van der Waals surface area contributed by atoms with Crippen molar-refractivity contribution in [2.45, 2.75) is 13.5 Å². The van der Waals surface area contributed by atoms with Crippen LogP contribution in [0.15, 0.2) is 42.5 Å². The van der Waals surface area contributed by atoms with Crippen molar-refractivity contribution in [3.63, 3.8) is 0 Å². The third-order valence-corrected chi connectivity index (χ3v) is 3.60. The molecule has 0 N–H and O–H groups in total.